The van der Waals surface area contributed by atoms with Crippen molar-refractivity contribution in [3.63, 3.8) is 0 Å². The van der Waals surface area contributed by atoms with E-state index in [9.17, 15) is 0 Å². The number of fused-ring (bicyclic) bond motifs is 1. The van der Waals surface area contributed by atoms with E-state index in [1.807, 2.05) is 0 Å². The second-order valence-electron chi connectivity index (χ2n) is 3.77. The lowest BCUT2D eigenvalue weighted by Gasteiger charge is -2.26. The summed E-state index contributed by atoms with van der Waals surface area (Å²) in [5.41, 5.74) is 4.28. The molecule has 0 bridgehead atoms. The van der Waals surface area contributed by atoms with Crippen molar-refractivity contribution in [1.29, 1.82) is 0 Å². The van der Waals surface area contributed by atoms with Gasteiger partial charge in [0.2, 0.25) is 0 Å². The Hall–Kier alpha value is -0.830. The number of aromatic amines is 1. The molecule has 3 heteroatoms. The quantitative estimate of drug-likeness (QED) is 0.636. The van der Waals surface area contributed by atoms with Gasteiger partial charge in [-0.25, -0.2) is 0 Å². The summed E-state index contributed by atoms with van der Waals surface area (Å²) >= 11 is 0. The van der Waals surface area contributed by atoms with Crippen LogP contribution in [-0.4, -0.2) is 23.3 Å². The van der Waals surface area contributed by atoms with Crippen molar-refractivity contribution in [1.82, 2.24) is 15.5 Å². The highest BCUT2D eigenvalue weighted by Gasteiger charge is 2.27. The van der Waals surface area contributed by atoms with Gasteiger partial charge < -0.3 is 5.32 Å². The molecule has 0 saturated carbocycles. The van der Waals surface area contributed by atoms with Crippen LogP contribution < -0.4 is 5.32 Å². The first-order valence-corrected chi connectivity index (χ1v) is 4.72. The highest BCUT2D eigenvalue weighted by molar-refractivity contribution is 5.33. The Labute approximate surface area is 71.6 Å². The van der Waals surface area contributed by atoms with Crippen LogP contribution in [-0.2, 0) is 12.8 Å². The molecule has 0 atom stereocenters. The molecular weight excluding hydrogens is 150 g/mol. The summed E-state index contributed by atoms with van der Waals surface area (Å²) in [7, 11) is 0. The molecule has 3 nitrogen and oxygen atoms in total. The highest BCUT2D eigenvalue weighted by atomic mass is 15.1. The lowest BCUT2D eigenvalue weighted by Crippen LogP contribution is -2.40. The fourth-order valence-electron chi connectivity index (χ4n) is 2.16. The van der Waals surface area contributed by atoms with Gasteiger partial charge in [0.25, 0.3) is 0 Å². The van der Waals surface area contributed by atoms with E-state index < -0.39 is 0 Å². The van der Waals surface area contributed by atoms with Gasteiger partial charge in [-0.3, -0.25) is 5.10 Å². The largest absolute Gasteiger partial charge is 0.315 e. The predicted octanol–water partition coefficient (Wildman–Crippen LogP) is 0.585. The van der Waals surface area contributed by atoms with Crippen molar-refractivity contribution in [2.24, 2.45) is 0 Å². The summed E-state index contributed by atoms with van der Waals surface area (Å²) in [6.07, 6.45) is 3.77. The maximum absolute atomic E-state index is 4.39. The lowest BCUT2D eigenvalue weighted by atomic mass is 9.95. The average Bonchev–Trinajstić information content (AvgIpc) is 2.48. The minimum Gasteiger partial charge on any atom is -0.315 e. The number of hydrogen-bond donors (Lipinski definition) is 2. The smallest absolute Gasteiger partial charge is 0.0713 e. The number of rotatable bonds is 1. The molecule has 2 N–H and O–H groups in total. The van der Waals surface area contributed by atoms with Gasteiger partial charge in [0.05, 0.1) is 5.69 Å². The summed E-state index contributed by atoms with van der Waals surface area (Å²) in [6, 6.07) is 0. The van der Waals surface area contributed by atoms with Crippen LogP contribution in [0.2, 0.25) is 0 Å². The first-order valence-electron chi connectivity index (χ1n) is 4.72. The summed E-state index contributed by atoms with van der Waals surface area (Å²) in [6.45, 7) is 2.24. The second-order valence-corrected chi connectivity index (χ2v) is 3.77. The Bertz CT molecular complexity index is 299. The molecule has 1 aromatic rings. The topological polar surface area (TPSA) is 40.7 Å². The van der Waals surface area contributed by atoms with E-state index in [0.717, 1.165) is 13.1 Å². The zero-order valence-electron chi connectivity index (χ0n) is 7.06. The molecular formula is C9H13N3. The fraction of sp³-hybridized carbons (Fsp3) is 0.667. The van der Waals surface area contributed by atoms with Crippen molar-refractivity contribution in [2.75, 3.05) is 13.1 Å². The van der Waals surface area contributed by atoms with Gasteiger partial charge >= 0.3 is 0 Å². The Morgan fingerprint density at radius 1 is 1.25 bits per heavy atom. The Morgan fingerprint density at radius 3 is 2.92 bits per heavy atom. The third kappa shape index (κ3) is 0.771. The number of nitrogens with zero attached hydrogens (tertiary/aromatic N) is 1. The number of hydrogen-bond acceptors (Lipinski definition) is 2. The summed E-state index contributed by atoms with van der Waals surface area (Å²) < 4.78 is 0. The van der Waals surface area contributed by atoms with Crippen LogP contribution in [0.3, 0.4) is 0 Å². The molecule has 1 saturated heterocycles. The van der Waals surface area contributed by atoms with Crippen molar-refractivity contribution in [2.45, 2.75) is 25.2 Å². The monoisotopic (exact) mass is 163 g/mol. The molecule has 2 aliphatic rings. The van der Waals surface area contributed by atoms with Gasteiger partial charge in [-0.2, -0.15) is 5.10 Å². The standard InChI is InChI=1S/C9H13N3/c1-2-7-8(3-1)11-12-9(7)6-4-10-5-6/h6,10H,1-5H2,(H,11,12). The predicted molar refractivity (Wildman–Crippen MR) is 46.2 cm³/mol. The SMILES string of the molecule is C1Cc2[nH]nc(C3CNC3)c2C1. The number of aromatic nitrogens is 2. The van der Waals surface area contributed by atoms with Crippen LogP contribution in [0.4, 0.5) is 0 Å². The zero-order valence-corrected chi connectivity index (χ0v) is 7.06. The molecule has 0 spiro atoms. The van der Waals surface area contributed by atoms with Gasteiger partial charge in [-0.05, 0) is 24.8 Å². The molecule has 3 rings (SSSR count). The summed E-state index contributed by atoms with van der Waals surface area (Å²) in [5, 5.41) is 10.8. The molecule has 1 aliphatic heterocycles. The zero-order chi connectivity index (χ0) is 7.97. The van der Waals surface area contributed by atoms with Crippen LogP contribution in [0.25, 0.3) is 0 Å². The van der Waals surface area contributed by atoms with E-state index in [-0.39, 0.29) is 0 Å². The minimum absolute atomic E-state index is 0.697. The van der Waals surface area contributed by atoms with E-state index in [2.05, 4.69) is 15.5 Å². The molecule has 2 heterocycles. The molecule has 1 aromatic heterocycles. The molecule has 1 fully saturated rings. The van der Waals surface area contributed by atoms with Crippen molar-refractivity contribution in [3.8, 4) is 0 Å². The molecule has 0 aromatic carbocycles. The fourth-order valence-corrected chi connectivity index (χ4v) is 2.16. The average molecular weight is 163 g/mol. The van der Waals surface area contributed by atoms with Gasteiger partial charge in [-0.1, -0.05) is 0 Å². The van der Waals surface area contributed by atoms with Gasteiger partial charge in [-0.15, -0.1) is 0 Å². The Morgan fingerprint density at radius 2 is 2.17 bits per heavy atom. The number of nitrogens with one attached hydrogen (secondary N) is 2. The second kappa shape index (κ2) is 2.33. The van der Waals surface area contributed by atoms with E-state index in [4.69, 9.17) is 0 Å². The van der Waals surface area contributed by atoms with Crippen molar-refractivity contribution < 1.29 is 0 Å². The Balaban J connectivity index is 1.99. The first-order chi connectivity index (χ1) is 5.95. The van der Waals surface area contributed by atoms with Gasteiger partial charge in [0.1, 0.15) is 0 Å². The lowest BCUT2D eigenvalue weighted by molar-refractivity contribution is 0.436. The van der Waals surface area contributed by atoms with Crippen LogP contribution in [0.1, 0.15) is 29.3 Å². The number of H-pyrrole nitrogens is 1. The third-order valence-electron chi connectivity index (χ3n) is 3.01. The van der Waals surface area contributed by atoms with E-state index >= 15 is 0 Å². The minimum atomic E-state index is 0.697. The maximum Gasteiger partial charge on any atom is 0.0713 e. The van der Waals surface area contributed by atoms with E-state index in [1.165, 1.54) is 36.2 Å². The van der Waals surface area contributed by atoms with Gasteiger partial charge in [0, 0.05) is 24.7 Å². The first kappa shape index (κ1) is 6.66. The third-order valence-corrected chi connectivity index (χ3v) is 3.01. The van der Waals surface area contributed by atoms with Crippen LogP contribution in [0, 0.1) is 0 Å². The molecule has 0 amide bonds. The molecule has 0 unspecified atom stereocenters. The van der Waals surface area contributed by atoms with Crippen LogP contribution in [0.15, 0.2) is 0 Å². The Kier molecular flexibility index (Phi) is 1.29. The van der Waals surface area contributed by atoms with Crippen LogP contribution in [0.5, 0.6) is 0 Å². The van der Waals surface area contributed by atoms with E-state index in [0.29, 0.717) is 5.92 Å². The van der Waals surface area contributed by atoms with Crippen LogP contribution >= 0.6 is 0 Å². The van der Waals surface area contributed by atoms with Gasteiger partial charge in [0.15, 0.2) is 0 Å². The molecule has 12 heavy (non-hydrogen) atoms. The summed E-state index contributed by atoms with van der Waals surface area (Å²) in [4.78, 5) is 0. The highest BCUT2D eigenvalue weighted by Crippen LogP contribution is 2.29. The normalized spacial score (nSPS) is 22.3. The molecule has 64 valence electrons. The number of aryl methyl sites for hydroxylation is 1. The van der Waals surface area contributed by atoms with E-state index in [1.54, 1.807) is 0 Å². The maximum atomic E-state index is 4.39. The molecule has 1 aliphatic carbocycles. The van der Waals surface area contributed by atoms with Crippen molar-refractivity contribution in [3.05, 3.63) is 17.0 Å². The summed E-state index contributed by atoms with van der Waals surface area (Å²) in [5.74, 6) is 0.697. The molecule has 0 radical (unpaired) electrons. The van der Waals surface area contributed by atoms with Crippen molar-refractivity contribution >= 4 is 0 Å².